The standard InChI is InChI=1S/C11H12ClN5OS/c1-17-11(14-6-15-17)19-5-10(18)16-9-3-2-7(12)4-8(9)13/h2-4,6H,5,13H2,1H3,(H,16,18). The van der Waals surface area contributed by atoms with Crippen LogP contribution in [0.25, 0.3) is 0 Å². The number of amides is 1. The van der Waals surface area contributed by atoms with Crippen molar-refractivity contribution in [2.75, 3.05) is 16.8 Å². The molecule has 0 fully saturated rings. The highest BCUT2D eigenvalue weighted by Gasteiger charge is 2.08. The van der Waals surface area contributed by atoms with Crippen LogP contribution in [0.3, 0.4) is 0 Å². The largest absolute Gasteiger partial charge is 0.397 e. The van der Waals surface area contributed by atoms with E-state index in [9.17, 15) is 4.79 Å². The number of carbonyl (C=O) groups excluding carboxylic acids is 1. The first-order chi connectivity index (χ1) is 9.06. The topological polar surface area (TPSA) is 85.8 Å². The van der Waals surface area contributed by atoms with E-state index in [1.165, 1.54) is 18.1 Å². The Balaban J connectivity index is 1.93. The molecule has 0 saturated carbocycles. The monoisotopic (exact) mass is 297 g/mol. The van der Waals surface area contributed by atoms with Gasteiger partial charge < -0.3 is 11.1 Å². The number of rotatable bonds is 4. The van der Waals surface area contributed by atoms with Gasteiger partial charge in [0.15, 0.2) is 5.16 Å². The van der Waals surface area contributed by atoms with Crippen LogP contribution in [0.1, 0.15) is 0 Å². The minimum atomic E-state index is -0.165. The molecule has 0 bridgehead atoms. The Kier molecular flexibility index (Phi) is 4.28. The summed E-state index contributed by atoms with van der Waals surface area (Å²) in [6, 6.07) is 4.93. The Bertz CT molecular complexity index is 601. The number of thioether (sulfide) groups is 1. The molecule has 0 unspecified atom stereocenters. The van der Waals surface area contributed by atoms with Gasteiger partial charge in [-0.15, -0.1) is 0 Å². The van der Waals surface area contributed by atoms with E-state index in [0.29, 0.717) is 21.6 Å². The lowest BCUT2D eigenvalue weighted by Crippen LogP contribution is -2.15. The van der Waals surface area contributed by atoms with E-state index in [-0.39, 0.29) is 11.7 Å². The molecule has 1 amide bonds. The quantitative estimate of drug-likeness (QED) is 0.663. The number of nitrogens with one attached hydrogen (secondary N) is 1. The van der Waals surface area contributed by atoms with Crippen LogP contribution in [0.2, 0.25) is 5.02 Å². The molecule has 0 aliphatic rings. The summed E-state index contributed by atoms with van der Waals surface area (Å²) in [5.74, 6) is 0.0660. The molecule has 2 aromatic rings. The van der Waals surface area contributed by atoms with Crippen molar-refractivity contribution in [3.05, 3.63) is 29.5 Å². The molecule has 0 radical (unpaired) electrons. The lowest BCUT2D eigenvalue weighted by atomic mass is 10.2. The third kappa shape index (κ3) is 3.62. The zero-order valence-electron chi connectivity index (χ0n) is 10.1. The van der Waals surface area contributed by atoms with Gasteiger partial charge in [0, 0.05) is 12.1 Å². The minimum Gasteiger partial charge on any atom is -0.397 e. The van der Waals surface area contributed by atoms with Gasteiger partial charge in [0.05, 0.1) is 17.1 Å². The fraction of sp³-hybridized carbons (Fsp3) is 0.182. The highest BCUT2D eigenvalue weighted by atomic mass is 35.5. The number of carbonyl (C=O) groups is 1. The fourth-order valence-corrected chi connectivity index (χ4v) is 2.25. The second-order valence-corrected chi connectivity index (χ2v) is 5.11. The Morgan fingerprint density at radius 1 is 1.58 bits per heavy atom. The van der Waals surface area contributed by atoms with E-state index in [2.05, 4.69) is 15.4 Å². The third-order valence-corrected chi connectivity index (χ3v) is 3.56. The highest BCUT2D eigenvalue weighted by Crippen LogP contribution is 2.23. The number of anilines is 2. The lowest BCUT2D eigenvalue weighted by Gasteiger charge is -2.08. The van der Waals surface area contributed by atoms with Crippen molar-refractivity contribution in [2.24, 2.45) is 7.05 Å². The SMILES string of the molecule is Cn1ncnc1SCC(=O)Nc1ccc(Cl)cc1N. The molecule has 1 aromatic heterocycles. The Labute approximate surface area is 119 Å². The van der Waals surface area contributed by atoms with Crippen molar-refractivity contribution in [3.8, 4) is 0 Å². The van der Waals surface area contributed by atoms with Crippen LogP contribution >= 0.6 is 23.4 Å². The van der Waals surface area contributed by atoms with E-state index >= 15 is 0 Å². The zero-order chi connectivity index (χ0) is 13.8. The minimum absolute atomic E-state index is 0.165. The number of hydrogen-bond acceptors (Lipinski definition) is 5. The maximum atomic E-state index is 11.8. The van der Waals surface area contributed by atoms with Crippen LogP contribution in [0.5, 0.6) is 0 Å². The van der Waals surface area contributed by atoms with Gasteiger partial charge in [-0.05, 0) is 18.2 Å². The summed E-state index contributed by atoms with van der Waals surface area (Å²) < 4.78 is 1.61. The van der Waals surface area contributed by atoms with E-state index in [4.69, 9.17) is 17.3 Å². The highest BCUT2D eigenvalue weighted by molar-refractivity contribution is 7.99. The summed E-state index contributed by atoms with van der Waals surface area (Å²) in [5, 5.41) is 7.85. The van der Waals surface area contributed by atoms with E-state index in [0.717, 1.165) is 0 Å². The number of nitrogens with two attached hydrogens (primary N) is 1. The number of benzene rings is 1. The summed E-state index contributed by atoms with van der Waals surface area (Å²) in [4.78, 5) is 15.8. The number of hydrogen-bond donors (Lipinski definition) is 2. The molecule has 6 nitrogen and oxygen atoms in total. The molecule has 0 saturated heterocycles. The first-order valence-corrected chi connectivity index (χ1v) is 6.74. The van der Waals surface area contributed by atoms with Crippen molar-refractivity contribution in [1.29, 1.82) is 0 Å². The van der Waals surface area contributed by atoms with Crippen LogP contribution in [-0.2, 0) is 11.8 Å². The number of aromatic nitrogens is 3. The number of nitrogens with zero attached hydrogens (tertiary/aromatic N) is 3. The molecule has 1 heterocycles. The molecule has 1 aromatic carbocycles. The average Bonchev–Trinajstić information content (AvgIpc) is 2.76. The molecule has 100 valence electrons. The van der Waals surface area contributed by atoms with Gasteiger partial charge in [0.25, 0.3) is 0 Å². The van der Waals surface area contributed by atoms with Crippen molar-refractivity contribution >= 4 is 40.6 Å². The number of aryl methyl sites for hydroxylation is 1. The summed E-state index contributed by atoms with van der Waals surface area (Å²) >= 11 is 7.09. The van der Waals surface area contributed by atoms with E-state index < -0.39 is 0 Å². The van der Waals surface area contributed by atoms with Crippen LogP contribution in [0.15, 0.2) is 29.7 Å². The third-order valence-electron chi connectivity index (χ3n) is 2.29. The molecule has 8 heteroatoms. The summed E-state index contributed by atoms with van der Waals surface area (Å²) in [5.41, 5.74) is 6.74. The second-order valence-electron chi connectivity index (χ2n) is 3.73. The van der Waals surface area contributed by atoms with Gasteiger partial charge >= 0.3 is 0 Å². The van der Waals surface area contributed by atoms with Gasteiger partial charge in [0.2, 0.25) is 5.91 Å². The normalized spacial score (nSPS) is 10.4. The van der Waals surface area contributed by atoms with Crippen molar-refractivity contribution in [2.45, 2.75) is 5.16 Å². The molecule has 0 atom stereocenters. The smallest absolute Gasteiger partial charge is 0.234 e. The molecule has 0 spiro atoms. The van der Waals surface area contributed by atoms with E-state index in [1.54, 1.807) is 29.9 Å². The van der Waals surface area contributed by atoms with Crippen LogP contribution < -0.4 is 11.1 Å². The number of nitrogen functional groups attached to an aromatic ring is 1. The second kappa shape index (κ2) is 5.94. The van der Waals surface area contributed by atoms with Crippen molar-refractivity contribution in [3.63, 3.8) is 0 Å². The first kappa shape index (κ1) is 13.7. The molecule has 0 aliphatic heterocycles. The van der Waals surface area contributed by atoms with Crippen molar-refractivity contribution < 1.29 is 4.79 Å². The maximum Gasteiger partial charge on any atom is 0.234 e. The van der Waals surface area contributed by atoms with Crippen LogP contribution in [0, 0.1) is 0 Å². The zero-order valence-corrected chi connectivity index (χ0v) is 11.7. The average molecular weight is 298 g/mol. The van der Waals surface area contributed by atoms with Gasteiger partial charge in [-0.2, -0.15) is 5.10 Å². The Hall–Kier alpha value is -1.73. The predicted molar refractivity (Wildman–Crippen MR) is 76.2 cm³/mol. The lowest BCUT2D eigenvalue weighted by molar-refractivity contribution is -0.113. The van der Waals surface area contributed by atoms with Gasteiger partial charge in [-0.1, -0.05) is 23.4 Å². The van der Waals surface area contributed by atoms with Gasteiger partial charge in [-0.25, -0.2) is 9.67 Å². The predicted octanol–water partition coefficient (Wildman–Crippen LogP) is 1.78. The van der Waals surface area contributed by atoms with E-state index in [1.807, 2.05) is 0 Å². The Morgan fingerprint density at radius 3 is 3.00 bits per heavy atom. The Morgan fingerprint density at radius 2 is 2.37 bits per heavy atom. The molecule has 19 heavy (non-hydrogen) atoms. The summed E-state index contributed by atoms with van der Waals surface area (Å²) in [6.45, 7) is 0. The maximum absolute atomic E-state index is 11.8. The summed E-state index contributed by atoms with van der Waals surface area (Å²) in [6.07, 6.45) is 1.44. The van der Waals surface area contributed by atoms with Crippen LogP contribution in [-0.4, -0.2) is 26.4 Å². The molecular formula is C11H12ClN5OS. The van der Waals surface area contributed by atoms with Gasteiger partial charge in [0.1, 0.15) is 6.33 Å². The molecular weight excluding hydrogens is 286 g/mol. The fourth-order valence-electron chi connectivity index (χ4n) is 1.38. The van der Waals surface area contributed by atoms with Gasteiger partial charge in [-0.3, -0.25) is 4.79 Å². The molecule has 3 N–H and O–H groups in total. The van der Waals surface area contributed by atoms with Crippen molar-refractivity contribution in [1.82, 2.24) is 14.8 Å². The molecule has 0 aliphatic carbocycles. The summed E-state index contributed by atoms with van der Waals surface area (Å²) in [7, 11) is 1.77. The first-order valence-electron chi connectivity index (χ1n) is 5.38. The van der Waals surface area contributed by atoms with Crippen LogP contribution in [0.4, 0.5) is 11.4 Å². The number of halogens is 1. The molecule has 2 rings (SSSR count).